The summed E-state index contributed by atoms with van der Waals surface area (Å²) in [5.41, 5.74) is 7.28. The van der Waals surface area contributed by atoms with Crippen LogP contribution in [0.1, 0.15) is 57.2 Å². The number of thiophene rings is 1. The van der Waals surface area contributed by atoms with E-state index in [0.717, 1.165) is 25.7 Å². The van der Waals surface area contributed by atoms with Crippen molar-refractivity contribution >= 4 is 34.8 Å². The lowest BCUT2D eigenvalue weighted by Gasteiger charge is -2.19. The molecular formula is C21H24N2O4S. The van der Waals surface area contributed by atoms with Crippen molar-refractivity contribution in [3.63, 3.8) is 0 Å². The summed E-state index contributed by atoms with van der Waals surface area (Å²) in [6, 6.07) is 8.11. The van der Waals surface area contributed by atoms with Crippen LogP contribution in [-0.2, 0) is 22.4 Å². The van der Waals surface area contributed by atoms with Crippen LogP contribution >= 0.6 is 11.3 Å². The summed E-state index contributed by atoms with van der Waals surface area (Å²) < 4.78 is 5.35. The standard InChI is InChI=1S/C21H24N2O4S/c1-3-13-4-9-17-15(10-13)11-18(28-17)21(26)27-12(2)20(25)23-16-7-5-14(6-8-16)19(22)24/h5-8,11-13H,3-4,9-10H2,1-2H3,(H2,22,24)(H,23,25)/t12-,13+/m1/s1. The normalized spacial score (nSPS) is 16.7. The van der Waals surface area contributed by atoms with Crippen molar-refractivity contribution in [2.24, 2.45) is 11.7 Å². The average molecular weight is 401 g/mol. The smallest absolute Gasteiger partial charge is 0.349 e. The van der Waals surface area contributed by atoms with Gasteiger partial charge < -0.3 is 15.8 Å². The summed E-state index contributed by atoms with van der Waals surface area (Å²) in [6.07, 6.45) is 3.38. The van der Waals surface area contributed by atoms with Gasteiger partial charge in [0, 0.05) is 16.1 Å². The van der Waals surface area contributed by atoms with E-state index in [9.17, 15) is 14.4 Å². The molecule has 2 aromatic rings. The van der Waals surface area contributed by atoms with E-state index in [1.165, 1.54) is 40.8 Å². The molecule has 1 aromatic heterocycles. The SMILES string of the molecule is CC[C@H]1CCc2sc(C(=O)O[C@H](C)C(=O)Nc3ccc(C(N)=O)cc3)cc2C1. The molecule has 0 fully saturated rings. The van der Waals surface area contributed by atoms with E-state index >= 15 is 0 Å². The first-order valence-electron chi connectivity index (χ1n) is 9.40. The number of rotatable bonds is 6. The number of nitrogens with two attached hydrogens (primary N) is 1. The highest BCUT2D eigenvalue weighted by Crippen LogP contribution is 2.33. The number of hydrogen-bond donors (Lipinski definition) is 2. The molecule has 0 spiro atoms. The van der Waals surface area contributed by atoms with Crippen LogP contribution in [0.15, 0.2) is 30.3 Å². The van der Waals surface area contributed by atoms with E-state index in [2.05, 4.69) is 12.2 Å². The number of esters is 1. The molecule has 7 heteroatoms. The highest BCUT2D eigenvalue weighted by atomic mass is 32.1. The van der Waals surface area contributed by atoms with Gasteiger partial charge >= 0.3 is 5.97 Å². The molecular weight excluding hydrogens is 376 g/mol. The van der Waals surface area contributed by atoms with Crippen LogP contribution < -0.4 is 11.1 Å². The molecule has 0 radical (unpaired) electrons. The molecule has 1 aromatic carbocycles. The molecule has 148 valence electrons. The van der Waals surface area contributed by atoms with E-state index in [1.54, 1.807) is 12.1 Å². The fourth-order valence-corrected chi connectivity index (χ4v) is 4.37. The zero-order chi connectivity index (χ0) is 20.3. The van der Waals surface area contributed by atoms with Crippen molar-refractivity contribution in [3.05, 3.63) is 51.2 Å². The number of carbonyl (C=O) groups is 3. The number of anilines is 1. The van der Waals surface area contributed by atoms with Gasteiger partial charge in [0.15, 0.2) is 6.10 Å². The summed E-state index contributed by atoms with van der Waals surface area (Å²) in [5, 5.41) is 2.66. The molecule has 3 rings (SSSR count). The molecule has 1 aliphatic carbocycles. The van der Waals surface area contributed by atoms with Crippen molar-refractivity contribution in [2.45, 2.75) is 45.6 Å². The van der Waals surface area contributed by atoms with Crippen LogP contribution in [0.4, 0.5) is 5.69 Å². The lowest BCUT2D eigenvalue weighted by Crippen LogP contribution is -2.29. The highest BCUT2D eigenvalue weighted by Gasteiger charge is 2.25. The van der Waals surface area contributed by atoms with Gasteiger partial charge in [0.05, 0.1) is 0 Å². The Hall–Kier alpha value is -2.67. The van der Waals surface area contributed by atoms with E-state index in [-0.39, 0.29) is 0 Å². The predicted molar refractivity (Wildman–Crippen MR) is 109 cm³/mol. The van der Waals surface area contributed by atoms with Crippen molar-refractivity contribution in [3.8, 4) is 0 Å². The minimum Gasteiger partial charge on any atom is -0.448 e. The maximum Gasteiger partial charge on any atom is 0.349 e. The largest absolute Gasteiger partial charge is 0.448 e. The molecule has 0 saturated carbocycles. The molecule has 0 aliphatic heterocycles. The predicted octanol–water partition coefficient (Wildman–Crippen LogP) is 3.55. The molecule has 28 heavy (non-hydrogen) atoms. The Morgan fingerprint density at radius 1 is 1.29 bits per heavy atom. The first kappa shape index (κ1) is 20.1. The molecule has 0 bridgehead atoms. The molecule has 1 aliphatic rings. The molecule has 1 heterocycles. The zero-order valence-corrected chi connectivity index (χ0v) is 16.8. The maximum absolute atomic E-state index is 12.5. The van der Waals surface area contributed by atoms with Crippen LogP contribution in [0.3, 0.4) is 0 Å². The van der Waals surface area contributed by atoms with Crippen LogP contribution in [0.25, 0.3) is 0 Å². The number of aryl methyl sites for hydroxylation is 1. The Labute approximate surface area is 168 Å². The molecule has 6 nitrogen and oxygen atoms in total. The summed E-state index contributed by atoms with van der Waals surface area (Å²) in [5.74, 6) is -0.771. The van der Waals surface area contributed by atoms with Gasteiger partial charge in [-0.15, -0.1) is 11.3 Å². The third kappa shape index (κ3) is 4.59. The topological polar surface area (TPSA) is 98.5 Å². The van der Waals surface area contributed by atoms with E-state index in [0.29, 0.717) is 22.0 Å². The second-order valence-electron chi connectivity index (χ2n) is 7.05. The number of nitrogens with one attached hydrogen (secondary N) is 1. The van der Waals surface area contributed by atoms with Crippen LogP contribution in [0, 0.1) is 5.92 Å². The van der Waals surface area contributed by atoms with E-state index < -0.39 is 23.9 Å². The summed E-state index contributed by atoms with van der Waals surface area (Å²) in [4.78, 5) is 37.6. The lowest BCUT2D eigenvalue weighted by molar-refractivity contribution is -0.123. The number of fused-ring (bicyclic) bond motifs is 1. The van der Waals surface area contributed by atoms with Crippen molar-refractivity contribution in [1.82, 2.24) is 0 Å². The summed E-state index contributed by atoms with van der Waals surface area (Å²) in [6.45, 7) is 3.73. The summed E-state index contributed by atoms with van der Waals surface area (Å²) in [7, 11) is 0. The number of primary amides is 1. The van der Waals surface area contributed by atoms with Gasteiger partial charge in [-0.2, -0.15) is 0 Å². The Morgan fingerprint density at radius 2 is 2.00 bits per heavy atom. The number of hydrogen-bond acceptors (Lipinski definition) is 5. The zero-order valence-electron chi connectivity index (χ0n) is 16.0. The quantitative estimate of drug-likeness (QED) is 0.725. The first-order chi connectivity index (χ1) is 13.4. The van der Waals surface area contributed by atoms with Gasteiger partial charge in [-0.1, -0.05) is 13.3 Å². The monoisotopic (exact) mass is 400 g/mol. The van der Waals surface area contributed by atoms with Crippen LogP contribution in [-0.4, -0.2) is 23.9 Å². The number of ether oxygens (including phenoxy) is 1. The fraction of sp³-hybridized carbons (Fsp3) is 0.381. The van der Waals surface area contributed by atoms with Crippen LogP contribution in [0.2, 0.25) is 0 Å². The highest BCUT2D eigenvalue weighted by molar-refractivity contribution is 7.14. The number of carbonyl (C=O) groups excluding carboxylic acids is 3. The third-order valence-electron chi connectivity index (χ3n) is 5.05. The van der Waals surface area contributed by atoms with E-state index in [4.69, 9.17) is 10.5 Å². The third-order valence-corrected chi connectivity index (χ3v) is 6.27. The molecule has 0 unspecified atom stereocenters. The minimum atomic E-state index is -0.939. The number of amides is 2. The van der Waals surface area contributed by atoms with Crippen molar-refractivity contribution < 1.29 is 19.1 Å². The molecule has 2 atom stereocenters. The minimum absolute atomic E-state index is 0.351. The van der Waals surface area contributed by atoms with Gasteiger partial charge in [-0.05, 0) is 68.0 Å². The lowest BCUT2D eigenvalue weighted by atomic mass is 9.87. The first-order valence-corrected chi connectivity index (χ1v) is 10.2. The Kier molecular flexibility index (Phi) is 6.14. The van der Waals surface area contributed by atoms with E-state index in [1.807, 2.05) is 6.07 Å². The van der Waals surface area contributed by atoms with Gasteiger partial charge in [0.1, 0.15) is 4.88 Å². The fourth-order valence-electron chi connectivity index (χ4n) is 3.28. The van der Waals surface area contributed by atoms with Crippen LogP contribution in [0.5, 0.6) is 0 Å². The maximum atomic E-state index is 12.5. The van der Waals surface area contributed by atoms with Gasteiger partial charge in [0.25, 0.3) is 5.91 Å². The second-order valence-corrected chi connectivity index (χ2v) is 8.19. The Bertz CT molecular complexity index is 888. The Morgan fingerprint density at radius 3 is 2.64 bits per heavy atom. The molecule has 0 saturated heterocycles. The van der Waals surface area contributed by atoms with Gasteiger partial charge in [-0.3, -0.25) is 9.59 Å². The van der Waals surface area contributed by atoms with Gasteiger partial charge in [0.2, 0.25) is 5.91 Å². The second kappa shape index (κ2) is 8.56. The summed E-state index contributed by atoms with van der Waals surface area (Å²) >= 11 is 1.47. The number of benzene rings is 1. The Balaban J connectivity index is 1.58. The molecule has 3 N–H and O–H groups in total. The van der Waals surface area contributed by atoms with Crippen molar-refractivity contribution in [1.29, 1.82) is 0 Å². The van der Waals surface area contributed by atoms with Crippen molar-refractivity contribution in [2.75, 3.05) is 5.32 Å². The average Bonchev–Trinajstić information content (AvgIpc) is 3.11. The molecule has 2 amide bonds. The van der Waals surface area contributed by atoms with Gasteiger partial charge in [-0.25, -0.2) is 4.79 Å².